The van der Waals surface area contributed by atoms with E-state index in [2.05, 4.69) is 18.7 Å². The van der Waals surface area contributed by atoms with Crippen molar-refractivity contribution in [3.8, 4) is 0 Å². The number of carbonyl (C=O) groups is 2. The number of fused-ring (bicyclic) bond motifs is 1. The molecule has 1 aromatic rings. The summed E-state index contributed by atoms with van der Waals surface area (Å²) >= 11 is 0. The molecule has 0 aliphatic carbocycles. The van der Waals surface area contributed by atoms with Gasteiger partial charge in [0, 0.05) is 51.4 Å². The lowest BCUT2D eigenvalue weighted by atomic mass is 10.0. The number of aliphatic hydroxyl groups excluding tert-OH is 2. The number of amides is 2. The molecule has 0 spiro atoms. The molecule has 0 saturated heterocycles. The van der Waals surface area contributed by atoms with E-state index in [1.807, 2.05) is 17.0 Å². The molecule has 1 unspecified atom stereocenters. The molecule has 0 aromatic heterocycles. The standard InChI is InChI=1S/C25H41N3O4/c1-19(2)15-27-12-8-6-5-7-9-13-28(20(3)30)24-11-10-21(14-22(24)16-27)25(32)26(4)17-23(31)18-29/h10-11,14,19,23,29,31H,5-9,12-13,15-18H2,1-4H3. The van der Waals surface area contributed by atoms with E-state index in [0.717, 1.165) is 43.6 Å². The van der Waals surface area contributed by atoms with E-state index < -0.39 is 6.10 Å². The van der Waals surface area contributed by atoms with Crippen LogP contribution in [0, 0.1) is 5.92 Å². The molecule has 2 amide bonds. The van der Waals surface area contributed by atoms with Gasteiger partial charge in [0.05, 0.1) is 12.7 Å². The van der Waals surface area contributed by atoms with Crippen LogP contribution in [-0.2, 0) is 11.3 Å². The zero-order valence-corrected chi connectivity index (χ0v) is 20.2. The number of anilines is 1. The topological polar surface area (TPSA) is 84.3 Å². The van der Waals surface area contributed by atoms with E-state index >= 15 is 0 Å². The summed E-state index contributed by atoms with van der Waals surface area (Å²) < 4.78 is 0. The largest absolute Gasteiger partial charge is 0.394 e. The van der Waals surface area contributed by atoms with Crippen LogP contribution in [0.25, 0.3) is 0 Å². The van der Waals surface area contributed by atoms with Crippen LogP contribution in [0.4, 0.5) is 5.69 Å². The van der Waals surface area contributed by atoms with Crippen LogP contribution in [0.2, 0.25) is 0 Å². The van der Waals surface area contributed by atoms with Crippen LogP contribution in [0.5, 0.6) is 0 Å². The molecule has 7 heteroatoms. The van der Waals surface area contributed by atoms with Gasteiger partial charge in [0.2, 0.25) is 5.91 Å². The highest BCUT2D eigenvalue weighted by Crippen LogP contribution is 2.27. The molecular formula is C25H41N3O4. The molecule has 2 rings (SSSR count). The van der Waals surface area contributed by atoms with Crippen molar-refractivity contribution >= 4 is 17.5 Å². The lowest BCUT2D eigenvalue weighted by Gasteiger charge is -2.30. The quantitative estimate of drug-likeness (QED) is 0.701. The number of aliphatic hydroxyl groups is 2. The highest BCUT2D eigenvalue weighted by Gasteiger charge is 2.22. The van der Waals surface area contributed by atoms with Gasteiger partial charge in [0.15, 0.2) is 0 Å². The Labute approximate surface area is 193 Å². The molecule has 32 heavy (non-hydrogen) atoms. The maximum atomic E-state index is 13.0. The molecule has 7 nitrogen and oxygen atoms in total. The van der Waals surface area contributed by atoms with E-state index in [4.69, 9.17) is 5.11 Å². The minimum Gasteiger partial charge on any atom is -0.394 e. The Kier molecular flexibility index (Phi) is 10.6. The Hall–Kier alpha value is -1.96. The summed E-state index contributed by atoms with van der Waals surface area (Å²) in [5.74, 6) is 0.323. The average Bonchev–Trinajstić information content (AvgIpc) is 2.73. The first kappa shape index (κ1) is 26.3. The fourth-order valence-corrected chi connectivity index (χ4v) is 4.36. The summed E-state index contributed by atoms with van der Waals surface area (Å²) in [6.45, 7) is 9.01. The summed E-state index contributed by atoms with van der Waals surface area (Å²) in [5.41, 5.74) is 2.38. The van der Waals surface area contributed by atoms with Gasteiger partial charge in [-0.05, 0) is 49.1 Å². The van der Waals surface area contributed by atoms with E-state index in [1.54, 1.807) is 20.0 Å². The second kappa shape index (κ2) is 12.9. The molecule has 1 aliphatic heterocycles. The van der Waals surface area contributed by atoms with Gasteiger partial charge in [0.25, 0.3) is 5.91 Å². The maximum absolute atomic E-state index is 13.0. The lowest BCUT2D eigenvalue weighted by Crippen LogP contribution is -2.36. The van der Waals surface area contributed by atoms with Crippen molar-refractivity contribution in [2.45, 2.75) is 65.5 Å². The predicted octanol–water partition coefficient (Wildman–Crippen LogP) is 2.89. The van der Waals surface area contributed by atoms with Gasteiger partial charge in [-0.3, -0.25) is 14.5 Å². The first-order valence-electron chi connectivity index (χ1n) is 11.9. The monoisotopic (exact) mass is 447 g/mol. The van der Waals surface area contributed by atoms with Crippen LogP contribution < -0.4 is 4.90 Å². The van der Waals surface area contributed by atoms with Gasteiger partial charge < -0.3 is 20.0 Å². The van der Waals surface area contributed by atoms with Gasteiger partial charge >= 0.3 is 0 Å². The average molecular weight is 448 g/mol. The number of benzene rings is 1. The molecule has 1 aliphatic rings. The summed E-state index contributed by atoms with van der Waals surface area (Å²) in [5, 5.41) is 18.8. The normalized spacial score (nSPS) is 17.3. The molecular weight excluding hydrogens is 406 g/mol. The highest BCUT2D eigenvalue weighted by molar-refractivity contribution is 5.97. The van der Waals surface area contributed by atoms with Gasteiger partial charge in [0.1, 0.15) is 0 Å². The van der Waals surface area contributed by atoms with Crippen LogP contribution in [-0.4, -0.2) is 77.8 Å². The molecule has 2 N–H and O–H groups in total. The van der Waals surface area contributed by atoms with Crippen LogP contribution in [0.1, 0.15) is 68.8 Å². The van der Waals surface area contributed by atoms with E-state index in [-0.39, 0.29) is 25.0 Å². The van der Waals surface area contributed by atoms with Crippen molar-refractivity contribution in [2.75, 3.05) is 44.7 Å². The Morgan fingerprint density at radius 1 is 1.09 bits per heavy atom. The second-order valence-corrected chi connectivity index (χ2v) is 9.43. The SMILES string of the molecule is CC(=O)N1CCCCCCCN(CC(C)C)Cc2cc(C(=O)N(C)CC(O)CO)ccc21. The third-order valence-corrected chi connectivity index (χ3v) is 5.91. The van der Waals surface area contributed by atoms with Gasteiger partial charge in [-0.2, -0.15) is 0 Å². The van der Waals surface area contributed by atoms with E-state index in [9.17, 15) is 14.7 Å². The third kappa shape index (κ3) is 7.87. The zero-order chi connectivity index (χ0) is 23.7. The fraction of sp³-hybridized carbons (Fsp3) is 0.680. The summed E-state index contributed by atoms with van der Waals surface area (Å²) in [7, 11) is 1.62. The minimum atomic E-state index is -0.969. The van der Waals surface area contributed by atoms with Crippen molar-refractivity contribution in [3.05, 3.63) is 29.3 Å². The number of nitrogens with zero attached hydrogens (tertiary/aromatic N) is 3. The highest BCUT2D eigenvalue weighted by atomic mass is 16.3. The van der Waals surface area contributed by atoms with Crippen molar-refractivity contribution in [2.24, 2.45) is 5.92 Å². The van der Waals surface area contributed by atoms with Gasteiger partial charge in [-0.25, -0.2) is 0 Å². The number of likely N-dealkylation sites (N-methyl/N-ethyl adjacent to an activating group) is 1. The van der Waals surface area contributed by atoms with E-state index in [1.165, 1.54) is 17.7 Å². The summed E-state index contributed by atoms with van der Waals surface area (Å²) in [6.07, 6.45) is 4.64. The van der Waals surface area contributed by atoms with Crippen molar-refractivity contribution < 1.29 is 19.8 Å². The van der Waals surface area contributed by atoms with Crippen molar-refractivity contribution in [1.29, 1.82) is 0 Å². The smallest absolute Gasteiger partial charge is 0.253 e. The Morgan fingerprint density at radius 2 is 1.75 bits per heavy atom. The molecule has 1 atom stereocenters. The first-order chi connectivity index (χ1) is 15.2. The molecule has 180 valence electrons. The Balaban J connectivity index is 2.42. The summed E-state index contributed by atoms with van der Waals surface area (Å²) in [4.78, 5) is 31.2. The molecule has 1 aromatic carbocycles. The molecule has 0 saturated carbocycles. The minimum absolute atomic E-state index is 0.0148. The molecule has 1 heterocycles. The second-order valence-electron chi connectivity index (χ2n) is 9.43. The molecule has 0 fully saturated rings. The molecule has 0 radical (unpaired) electrons. The van der Waals surface area contributed by atoms with Crippen molar-refractivity contribution in [1.82, 2.24) is 9.80 Å². The number of hydrogen-bond donors (Lipinski definition) is 2. The number of rotatable bonds is 6. The number of hydrogen-bond acceptors (Lipinski definition) is 5. The Morgan fingerprint density at radius 3 is 2.38 bits per heavy atom. The van der Waals surface area contributed by atoms with E-state index in [0.29, 0.717) is 24.6 Å². The van der Waals surface area contributed by atoms with Gasteiger partial charge in [-0.1, -0.05) is 33.1 Å². The third-order valence-electron chi connectivity index (χ3n) is 5.91. The fourth-order valence-electron chi connectivity index (χ4n) is 4.36. The summed E-state index contributed by atoms with van der Waals surface area (Å²) in [6, 6.07) is 5.55. The van der Waals surface area contributed by atoms with Crippen LogP contribution in [0.3, 0.4) is 0 Å². The van der Waals surface area contributed by atoms with Crippen LogP contribution >= 0.6 is 0 Å². The van der Waals surface area contributed by atoms with Crippen LogP contribution in [0.15, 0.2) is 18.2 Å². The number of carbonyl (C=O) groups excluding carboxylic acids is 2. The van der Waals surface area contributed by atoms with Gasteiger partial charge in [-0.15, -0.1) is 0 Å². The maximum Gasteiger partial charge on any atom is 0.253 e. The van der Waals surface area contributed by atoms with Crippen molar-refractivity contribution in [3.63, 3.8) is 0 Å². The predicted molar refractivity (Wildman–Crippen MR) is 128 cm³/mol. The zero-order valence-electron chi connectivity index (χ0n) is 20.2. The molecule has 0 bridgehead atoms. The first-order valence-corrected chi connectivity index (χ1v) is 11.9. The Bertz CT molecular complexity index is 753. The lowest BCUT2D eigenvalue weighted by molar-refractivity contribution is -0.116.